The molecule has 0 radical (unpaired) electrons. The first-order chi connectivity index (χ1) is 15.0. The summed E-state index contributed by atoms with van der Waals surface area (Å²) in [5.41, 5.74) is 10.1. The summed E-state index contributed by atoms with van der Waals surface area (Å²) in [7, 11) is 0. The van der Waals surface area contributed by atoms with Crippen LogP contribution in [0.5, 0.6) is 5.75 Å². The van der Waals surface area contributed by atoms with Crippen LogP contribution in [0.1, 0.15) is 18.7 Å². The Bertz CT molecular complexity index is 1070. The molecule has 12 nitrogen and oxygen atoms in total. The minimum absolute atomic E-state index is 0.133. The Hall–Kier alpha value is -3.32. The van der Waals surface area contributed by atoms with Crippen LogP contribution in [0.25, 0.3) is 11.2 Å². The highest BCUT2D eigenvalue weighted by molar-refractivity contribution is 5.84. The van der Waals surface area contributed by atoms with Crippen LogP contribution in [0, 0.1) is 0 Å². The van der Waals surface area contributed by atoms with Crippen LogP contribution >= 0.6 is 0 Å². The highest BCUT2D eigenvalue weighted by atomic mass is 16.6. The summed E-state index contributed by atoms with van der Waals surface area (Å²) in [5.74, 6) is 1.06. The third-order valence-electron chi connectivity index (χ3n) is 4.85. The second kappa shape index (κ2) is 8.81. The second-order valence-electron chi connectivity index (χ2n) is 6.84. The Kier molecular flexibility index (Phi) is 5.95. The topological polar surface area (TPSA) is 173 Å². The van der Waals surface area contributed by atoms with Crippen molar-refractivity contribution in [3.8, 4) is 5.75 Å². The number of aliphatic hydroxyl groups is 3. The standard InChI is InChI=1S/C19H23N7O5/c1-2-30-11-5-3-10(4-6-11)7-23-25-19-24-13-16(20)21-9-22-17(13)26(19)18-15(29)14(28)12(8-27)31-18/h3-7,9,12,14-15,18,27-29H,2,8H2,1H3,(H,24,25)(H2,20,21,22). The van der Waals surface area contributed by atoms with Gasteiger partial charge in [0.25, 0.3) is 0 Å². The molecule has 1 aliphatic heterocycles. The Labute approximate surface area is 177 Å². The maximum absolute atomic E-state index is 10.5. The van der Waals surface area contributed by atoms with Crippen molar-refractivity contribution in [3.05, 3.63) is 36.2 Å². The van der Waals surface area contributed by atoms with Gasteiger partial charge < -0.3 is 30.5 Å². The summed E-state index contributed by atoms with van der Waals surface area (Å²) in [6.45, 7) is 2.03. The van der Waals surface area contributed by atoms with Crippen molar-refractivity contribution in [2.45, 2.75) is 31.5 Å². The third-order valence-corrected chi connectivity index (χ3v) is 4.85. The number of nitrogen functional groups attached to an aromatic ring is 1. The molecule has 6 N–H and O–H groups in total. The summed E-state index contributed by atoms with van der Waals surface area (Å²) in [4.78, 5) is 12.5. The number of benzene rings is 1. The minimum atomic E-state index is -1.33. The maximum atomic E-state index is 10.5. The minimum Gasteiger partial charge on any atom is -0.494 e. The molecule has 0 saturated carbocycles. The molecule has 2 aromatic heterocycles. The summed E-state index contributed by atoms with van der Waals surface area (Å²) in [6.07, 6.45) is -1.82. The monoisotopic (exact) mass is 429 g/mol. The lowest BCUT2D eigenvalue weighted by molar-refractivity contribution is -0.0501. The van der Waals surface area contributed by atoms with E-state index in [1.54, 1.807) is 6.21 Å². The summed E-state index contributed by atoms with van der Waals surface area (Å²) in [5, 5.41) is 34.2. The first-order valence-electron chi connectivity index (χ1n) is 9.66. The van der Waals surface area contributed by atoms with E-state index >= 15 is 0 Å². The molecule has 31 heavy (non-hydrogen) atoms. The number of nitrogens with zero attached hydrogens (tertiary/aromatic N) is 5. The van der Waals surface area contributed by atoms with Gasteiger partial charge in [0.2, 0.25) is 5.95 Å². The molecule has 164 valence electrons. The van der Waals surface area contributed by atoms with Crippen molar-refractivity contribution in [1.29, 1.82) is 0 Å². The fourth-order valence-corrected chi connectivity index (χ4v) is 3.32. The van der Waals surface area contributed by atoms with Gasteiger partial charge in [-0.1, -0.05) is 0 Å². The van der Waals surface area contributed by atoms with Crippen LogP contribution in [-0.2, 0) is 4.74 Å². The van der Waals surface area contributed by atoms with Crippen LogP contribution in [0.3, 0.4) is 0 Å². The van der Waals surface area contributed by atoms with Gasteiger partial charge in [0.05, 0.1) is 19.4 Å². The van der Waals surface area contributed by atoms with E-state index in [0.717, 1.165) is 11.3 Å². The number of rotatable bonds is 7. The normalized spacial score (nSPS) is 23.6. The van der Waals surface area contributed by atoms with E-state index in [9.17, 15) is 15.3 Å². The molecular formula is C19H23N7O5. The van der Waals surface area contributed by atoms with Gasteiger partial charge >= 0.3 is 0 Å². The van der Waals surface area contributed by atoms with Gasteiger partial charge in [-0.15, -0.1) is 0 Å². The molecule has 4 unspecified atom stereocenters. The first kappa shape index (κ1) is 20.9. The van der Waals surface area contributed by atoms with Crippen LogP contribution in [-0.4, -0.2) is 72.6 Å². The van der Waals surface area contributed by atoms with Crippen LogP contribution in [0.15, 0.2) is 35.7 Å². The lowest BCUT2D eigenvalue weighted by Crippen LogP contribution is -2.33. The molecule has 1 saturated heterocycles. The maximum Gasteiger partial charge on any atom is 0.228 e. The van der Waals surface area contributed by atoms with Crippen molar-refractivity contribution in [2.24, 2.45) is 5.10 Å². The van der Waals surface area contributed by atoms with E-state index in [2.05, 4.69) is 25.5 Å². The molecule has 3 heterocycles. The average molecular weight is 429 g/mol. The van der Waals surface area contributed by atoms with Gasteiger partial charge in [0, 0.05) is 0 Å². The lowest BCUT2D eigenvalue weighted by Gasteiger charge is -2.18. The smallest absolute Gasteiger partial charge is 0.228 e. The number of anilines is 2. The van der Waals surface area contributed by atoms with Crippen LogP contribution in [0.4, 0.5) is 11.8 Å². The Balaban J connectivity index is 1.64. The number of hydrazone groups is 1. The van der Waals surface area contributed by atoms with Gasteiger partial charge in [-0.2, -0.15) is 5.10 Å². The van der Waals surface area contributed by atoms with Crippen molar-refractivity contribution in [2.75, 3.05) is 24.4 Å². The quantitative estimate of drug-likeness (QED) is 0.251. The van der Waals surface area contributed by atoms with Gasteiger partial charge in [-0.25, -0.2) is 20.4 Å². The lowest BCUT2D eigenvalue weighted by atomic mass is 10.1. The molecule has 4 atom stereocenters. The molecule has 0 spiro atoms. The van der Waals surface area contributed by atoms with Crippen molar-refractivity contribution < 1.29 is 24.8 Å². The fraction of sp³-hybridized carbons (Fsp3) is 0.368. The summed E-state index contributed by atoms with van der Waals surface area (Å²) < 4.78 is 12.5. The molecule has 0 amide bonds. The second-order valence-corrected chi connectivity index (χ2v) is 6.84. The summed E-state index contributed by atoms with van der Waals surface area (Å²) in [6, 6.07) is 7.34. The SMILES string of the molecule is CCOc1ccc(C=NNc2nc3c(N)ncnc3n2C2OC(CO)C(O)C2O)cc1. The Morgan fingerprint density at radius 1 is 1.26 bits per heavy atom. The molecule has 1 fully saturated rings. The van der Waals surface area contributed by atoms with E-state index in [-0.39, 0.29) is 22.9 Å². The number of imidazole rings is 1. The zero-order chi connectivity index (χ0) is 22.0. The fourth-order valence-electron chi connectivity index (χ4n) is 3.32. The number of aromatic nitrogens is 4. The number of hydrogen-bond donors (Lipinski definition) is 5. The zero-order valence-corrected chi connectivity index (χ0v) is 16.7. The summed E-state index contributed by atoms with van der Waals surface area (Å²) >= 11 is 0. The zero-order valence-electron chi connectivity index (χ0n) is 16.7. The van der Waals surface area contributed by atoms with E-state index in [0.29, 0.717) is 6.61 Å². The molecule has 0 bridgehead atoms. The van der Waals surface area contributed by atoms with Gasteiger partial charge in [-0.3, -0.25) is 4.57 Å². The highest BCUT2D eigenvalue weighted by Crippen LogP contribution is 2.35. The average Bonchev–Trinajstić information content (AvgIpc) is 3.27. The van der Waals surface area contributed by atoms with Gasteiger partial charge in [0.1, 0.15) is 30.4 Å². The number of nitrogens with one attached hydrogen (secondary N) is 1. The van der Waals surface area contributed by atoms with E-state index in [1.165, 1.54) is 10.9 Å². The largest absolute Gasteiger partial charge is 0.494 e. The molecule has 12 heteroatoms. The Morgan fingerprint density at radius 2 is 2.03 bits per heavy atom. The van der Waals surface area contributed by atoms with Crippen molar-refractivity contribution in [1.82, 2.24) is 19.5 Å². The first-order valence-corrected chi connectivity index (χ1v) is 9.66. The van der Waals surface area contributed by atoms with Crippen molar-refractivity contribution >= 4 is 29.1 Å². The number of hydrogen-bond acceptors (Lipinski definition) is 11. The molecule has 1 aliphatic rings. The van der Waals surface area contributed by atoms with Crippen LogP contribution in [0.2, 0.25) is 0 Å². The van der Waals surface area contributed by atoms with E-state index in [1.807, 2.05) is 31.2 Å². The number of aliphatic hydroxyl groups excluding tert-OH is 3. The molecule has 3 aromatic rings. The molecule has 1 aromatic carbocycles. The number of fused-ring (bicyclic) bond motifs is 1. The predicted octanol–water partition coefficient (Wildman–Crippen LogP) is -0.135. The van der Waals surface area contributed by atoms with Gasteiger partial charge in [0.15, 0.2) is 23.2 Å². The van der Waals surface area contributed by atoms with E-state index in [4.69, 9.17) is 15.2 Å². The van der Waals surface area contributed by atoms with Crippen molar-refractivity contribution in [3.63, 3.8) is 0 Å². The third kappa shape index (κ3) is 4.01. The van der Waals surface area contributed by atoms with Gasteiger partial charge in [-0.05, 0) is 36.8 Å². The molecule has 0 aliphatic carbocycles. The number of nitrogens with two attached hydrogens (primary N) is 1. The van der Waals surface area contributed by atoms with E-state index < -0.39 is 31.1 Å². The molecular weight excluding hydrogens is 406 g/mol. The predicted molar refractivity (Wildman–Crippen MR) is 112 cm³/mol. The Morgan fingerprint density at radius 3 is 2.71 bits per heavy atom. The molecule has 4 rings (SSSR count). The highest BCUT2D eigenvalue weighted by Gasteiger charge is 2.45. The van der Waals surface area contributed by atoms with Crippen LogP contribution < -0.4 is 15.9 Å². The number of ether oxygens (including phenoxy) is 2.